The number of hydrogen-bond acceptors (Lipinski definition) is 7. The van der Waals surface area contributed by atoms with Crippen LogP contribution in [0.5, 0.6) is 17.2 Å². The lowest BCUT2D eigenvalue weighted by Crippen LogP contribution is -2.43. The van der Waals surface area contributed by atoms with E-state index in [0.29, 0.717) is 10.5 Å². The zero-order valence-electron chi connectivity index (χ0n) is 18.3. The molecule has 4 rings (SSSR count). The van der Waals surface area contributed by atoms with E-state index >= 15 is 4.39 Å². The number of nitrogens with zero attached hydrogens (tertiary/aromatic N) is 1. The van der Waals surface area contributed by atoms with Gasteiger partial charge in [0.25, 0.3) is 11.8 Å². The first kappa shape index (κ1) is 24.1. The average Bonchev–Trinajstić information content (AvgIpc) is 3.25. The quantitative estimate of drug-likeness (QED) is 0.491. The summed E-state index contributed by atoms with van der Waals surface area (Å²) < 4.78 is 58.8. The van der Waals surface area contributed by atoms with Gasteiger partial charge in [-0.05, 0) is 23.1 Å². The minimum absolute atomic E-state index is 0.00977. The SMILES string of the molecule is COc1cc(F)c(N2C(=O)Cc3csc(C(N)=O)c3C2=O)cc1OCc1c(OC)ccc(F)c1F. The largest absolute Gasteiger partial charge is 0.496 e. The van der Waals surface area contributed by atoms with Crippen LogP contribution in [0.25, 0.3) is 0 Å². The summed E-state index contributed by atoms with van der Waals surface area (Å²) in [6.07, 6.45) is -0.266. The van der Waals surface area contributed by atoms with Gasteiger partial charge in [0.2, 0.25) is 5.91 Å². The molecule has 0 unspecified atom stereocenters. The van der Waals surface area contributed by atoms with Crippen LogP contribution in [0.2, 0.25) is 0 Å². The number of halogens is 3. The Labute approximate surface area is 200 Å². The van der Waals surface area contributed by atoms with Gasteiger partial charge in [-0.2, -0.15) is 0 Å². The number of nitrogens with two attached hydrogens (primary N) is 1. The van der Waals surface area contributed by atoms with Crippen LogP contribution in [-0.4, -0.2) is 31.9 Å². The second kappa shape index (κ2) is 9.29. The molecule has 0 radical (unpaired) electrons. The zero-order valence-corrected chi connectivity index (χ0v) is 19.1. The van der Waals surface area contributed by atoms with Crippen LogP contribution < -0.4 is 24.8 Å². The molecule has 182 valence electrons. The fourth-order valence-corrected chi connectivity index (χ4v) is 4.58. The Kier molecular flexibility index (Phi) is 6.39. The molecule has 3 aromatic rings. The molecule has 0 atom stereocenters. The second-order valence-corrected chi connectivity index (χ2v) is 8.21. The first-order valence-electron chi connectivity index (χ1n) is 9.96. The third-order valence-electron chi connectivity index (χ3n) is 5.32. The van der Waals surface area contributed by atoms with Crippen molar-refractivity contribution >= 4 is 34.7 Å². The van der Waals surface area contributed by atoms with Crippen LogP contribution in [0.3, 0.4) is 0 Å². The van der Waals surface area contributed by atoms with Crippen LogP contribution in [0, 0.1) is 17.5 Å². The zero-order chi connectivity index (χ0) is 25.4. The molecule has 0 aliphatic carbocycles. The van der Waals surface area contributed by atoms with Gasteiger partial charge in [-0.1, -0.05) is 0 Å². The molecule has 12 heteroatoms. The number of amides is 3. The van der Waals surface area contributed by atoms with Crippen LogP contribution >= 0.6 is 11.3 Å². The van der Waals surface area contributed by atoms with Crippen molar-refractivity contribution in [1.82, 2.24) is 0 Å². The lowest BCUT2D eigenvalue weighted by molar-refractivity contribution is -0.117. The molecule has 0 fully saturated rings. The van der Waals surface area contributed by atoms with E-state index in [1.54, 1.807) is 0 Å². The van der Waals surface area contributed by atoms with E-state index in [9.17, 15) is 23.2 Å². The van der Waals surface area contributed by atoms with Crippen LogP contribution in [0.15, 0.2) is 29.6 Å². The molecule has 2 heterocycles. The monoisotopic (exact) mass is 506 g/mol. The Balaban J connectivity index is 1.74. The Morgan fingerprint density at radius 2 is 1.77 bits per heavy atom. The second-order valence-electron chi connectivity index (χ2n) is 7.33. The molecule has 2 N–H and O–H groups in total. The summed E-state index contributed by atoms with van der Waals surface area (Å²) in [6, 6.07) is 4.00. The van der Waals surface area contributed by atoms with Crippen molar-refractivity contribution < 1.29 is 41.8 Å². The number of carbonyl (C=O) groups is 3. The number of primary amides is 1. The number of imide groups is 1. The summed E-state index contributed by atoms with van der Waals surface area (Å²) >= 11 is 0.911. The van der Waals surface area contributed by atoms with E-state index in [2.05, 4.69) is 0 Å². The number of methoxy groups -OCH3 is 2. The third-order valence-corrected chi connectivity index (χ3v) is 6.36. The molecule has 0 saturated heterocycles. The number of ether oxygens (including phenoxy) is 3. The van der Waals surface area contributed by atoms with Crippen molar-refractivity contribution in [2.45, 2.75) is 13.0 Å². The van der Waals surface area contributed by atoms with E-state index in [0.717, 1.165) is 29.5 Å². The van der Waals surface area contributed by atoms with Crippen LogP contribution in [0.4, 0.5) is 18.9 Å². The fraction of sp³-hybridized carbons (Fsp3) is 0.174. The van der Waals surface area contributed by atoms with Crippen LogP contribution in [0.1, 0.15) is 31.2 Å². The molecular weight excluding hydrogens is 489 g/mol. The van der Waals surface area contributed by atoms with Gasteiger partial charge in [-0.3, -0.25) is 14.4 Å². The Bertz CT molecular complexity index is 1370. The van der Waals surface area contributed by atoms with Gasteiger partial charge in [0.05, 0.1) is 37.5 Å². The maximum atomic E-state index is 15.0. The number of fused-ring (bicyclic) bond motifs is 1. The number of hydrogen-bond donors (Lipinski definition) is 1. The van der Waals surface area contributed by atoms with Crippen molar-refractivity contribution in [1.29, 1.82) is 0 Å². The fourth-order valence-electron chi connectivity index (χ4n) is 3.67. The normalized spacial score (nSPS) is 13.0. The van der Waals surface area contributed by atoms with E-state index in [-0.39, 0.29) is 39.7 Å². The lowest BCUT2D eigenvalue weighted by Gasteiger charge is -2.27. The number of thiophene rings is 1. The van der Waals surface area contributed by atoms with E-state index in [4.69, 9.17) is 19.9 Å². The van der Waals surface area contributed by atoms with Gasteiger partial charge in [0.1, 0.15) is 17.2 Å². The summed E-state index contributed by atoms with van der Waals surface area (Å²) in [6.45, 7) is -0.545. The topological polar surface area (TPSA) is 108 Å². The maximum Gasteiger partial charge on any atom is 0.267 e. The highest BCUT2D eigenvalue weighted by molar-refractivity contribution is 7.12. The Morgan fingerprint density at radius 3 is 2.43 bits per heavy atom. The molecule has 1 aromatic heterocycles. The van der Waals surface area contributed by atoms with Crippen molar-refractivity contribution in [2.24, 2.45) is 5.73 Å². The third kappa shape index (κ3) is 4.16. The molecule has 0 spiro atoms. The predicted molar refractivity (Wildman–Crippen MR) is 119 cm³/mol. The summed E-state index contributed by atoms with van der Waals surface area (Å²) in [4.78, 5) is 38.1. The molecule has 1 aliphatic heterocycles. The molecule has 3 amide bonds. The first-order valence-corrected chi connectivity index (χ1v) is 10.8. The minimum atomic E-state index is -1.20. The standard InChI is InChI=1S/C23H17F3N2O6S/c1-32-15-4-3-12(24)20(26)11(15)8-34-17-7-14(13(25)6-16(17)33-2)28-18(29)5-10-9-35-21(22(27)30)19(10)23(28)31/h3-4,6-7,9H,5,8H2,1-2H3,(H2,27,30). The minimum Gasteiger partial charge on any atom is -0.496 e. The van der Waals surface area contributed by atoms with Crippen molar-refractivity contribution in [2.75, 3.05) is 19.1 Å². The summed E-state index contributed by atoms with van der Waals surface area (Å²) in [5.74, 6) is -6.14. The van der Waals surface area contributed by atoms with Gasteiger partial charge in [0.15, 0.2) is 29.0 Å². The molecule has 2 aromatic carbocycles. The summed E-state index contributed by atoms with van der Waals surface area (Å²) in [7, 11) is 2.48. The molecule has 0 bridgehead atoms. The average molecular weight is 506 g/mol. The van der Waals surface area contributed by atoms with Crippen molar-refractivity contribution in [3.05, 3.63) is 68.7 Å². The summed E-state index contributed by atoms with van der Waals surface area (Å²) in [5.41, 5.74) is 4.84. The smallest absolute Gasteiger partial charge is 0.267 e. The van der Waals surface area contributed by atoms with Gasteiger partial charge in [-0.15, -0.1) is 11.3 Å². The van der Waals surface area contributed by atoms with Crippen molar-refractivity contribution in [3.8, 4) is 17.2 Å². The Morgan fingerprint density at radius 1 is 1.06 bits per heavy atom. The van der Waals surface area contributed by atoms with Gasteiger partial charge < -0.3 is 19.9 Å². The van der Waals surface area contributed by atoms with Crippen molar-refractivity contribution in [3.63, 3.8) is 0 Å². The van der Waals surface area contributed by atoms with Crippen LogP contribution in [-0.2, 0) is 17.8 Å². The molecule has 0 saturated carbocycles. The highest BCUT2D eigenvalue weighted by atomic mass is 32.1. The molecule has 35 heavy (non-hydrogen) atoms. The summed E-state index contributed by atoms with van der Waals surface area (Å²) in [5, 5.41) is 1.47. The molecule has 1 aliphatic rings. The number of anilines is 1. The number of rotatable bonds is 7. The number of benzene rings is 2. The number of carbonyl (C=O) groups excluding carboxylic acids is 3. The van der Waals surface area contributed by atoms with E-state index < -0.39 is 47.5 Å². The maximum absolute atomic E-state index is 15.0. The van der Waals surface area contributed by atoms with E-state index in [1.807, 2.05) is 0 Å². The van der Waals surface area contributed by atoms with E-state index in [1.165, 1.54) is 25.7 Å². The lowest BCUT2D eigenvalue weighted by atomic mass is 10.00. The predicted octanol–water partition coefficient (Wildman–Crippen LogP) is 3.59. The Hall–Kier alpha value is -4.06. The molecular formula is C23H17F3N2O6S. The van der Waals surface area contributed by atoms with Gasteiger partial charge in [-0.25, -0.2) is 18.1 Å². The highest BCUT2D eigenvalue weighted by Crippen LogP contribution is 2.39. The molecule has 8 nitrogen and oxygen atoms in total. The first-order chi connectivity index (χ1) is 16.7. The van der Waals surface area contributed by atoms with Gasteiger partial charge in [0, 0.05) is 12.1 Å². The van der Waals surface area contributed by atoms with Gasteiger partial charge >= 0.3 is 0 Å². The highest BCUT2D eigenvalue weighted by Gasteiger charge is 2.38.